The quantitative estimate of drug-likeness (QED) is 0.631. The number of carbonyl (C=O) groups is 1. The SMILES string of the molecule is Cc1ccc(-c2ccc(CCC(=O)Nc3ccc(Cl)cc3)o2)cc1C. The average molecular weight is 354 g/mol. The maximum absolute atomic E-state index is 12.0. The van der Waals surface area contributed by atoms with E-state index in [0.29, 0.717) is 17.9 Å². The number of hydrogen-bond acceptors (Lipinski definition) is 2. The largest absolute Gasteiger partial charge is 0.461 e. The summed E-state index contributed by atoms with van der Waals surface area (Å²) in [6, 6.07) is 17.2. The fourth-order valence-corrected chi connectivity index (χ4v) is 2.68. The Morgan fingerprint density at radius 3 is 2.48 bits per heavy atom. The van der Waals surface area contributed by atoms with Gasteiger partial charge in [-0.3, -0.25) is 4.79 Å². The molecular formula is C21H20ClNO2. The number of nitrogens with one attached hydrogen (secondary N) is 1. The molecule has 128 valence electrons. The fourth-order valence-electron chi connectivity index (χ4n) is 2.56. The lowest BCUT2D eigenvalue weighted by molar-refractivity contribution is -0.116. The van der Waals surface area contributed by atoms with Crippen molar-refractivity contribution in [1.82, 2.24) is 0 Å². The minimum atomic E-state index is -0.0496. The highest BCUT2D eigenvalue weighted by atomic mass is 35.5. The molecule has 1 amide bonds. The topological polar surface area (TPSA) is 42.2 Å². The number of anilines is 1. The molecule has 0 aliphatic heterocycles. The standard InChI is InChI=1S/C21H20ClNO2/c1-14-3-4-16(13-15(14)2)20-11-9-19(25-20)10-12-21(24)23-18-7-5-17(22)6-8-18/h3-9,11,13H,10,12H2,1-2H3,(H,23,24). The van der Waals surface area contributed by atoms with Crippen LogP contribution in [0.5, 0.6) is 0 Å². The van der Waals surface area contributed by atoms with Crippen LogP contribution >= 0.6 is 11.6 Å². The first-order chi connectivity index (χ1) is 12.0. The van der Waals surface area contributed by atoms with Crippen molar-refractivity contribution in [1.29, 1.82) is 0 Å². The Labute approximate surface area is 152 Å². The van der Waals surface area contributed by atoms with Crippen LogP contribution < -0.4 is 5.32 Å². The van der Waals surface area contributed by atoms with Gasteiger partial charge < -0.3 is 9.73 Å². The van der Waals surface area contributed by atoms with Gasteiger partial charge in [0, 0.05) is 29.1 Å². The Balaban J connectivity index is 1.58. The van der Waals surface area contributed by atoms with Crippen molar-refractivity contribution in [2.75, 3.05) is 5.32 Å². The first-order valence-electron chi connectivity index (χ1n) is 8.23. The Hall–Kier alpha value is -2.52. The summed E-state index contributed by atoms with van der Waals surface area (Å²) < 4.78 is 5.88. The zero-order chi connectivity index (χ0) is 17.8. The number of carbonyl (C=O) groups excluding carboxylic acids is 1. The van der Waals surface area contributed by atoms with Crippen molar-refractivity contribution < 1.29 is 9.21 Å². The van der Waals surface area contributed by atoms with Gasteiger partial charge in [0.2, 0.25) is 5.91 Å². The summed E-state index contributed by atoms with van der Waals surface area (Å²) in [7, 11) is 0. The first kappa shape index (κ1) is 17.3. The summed E-state index contributed by atoms with van der Waals surface area (Å²) in [5.74, 6) is 1.59. The van der Waals surface area contributed by atoms with Crippen molar-refractivity contribution in [3.63, 3.8) is 0 Å². The van der Waals surface area contributed by atoms with E-state index >= 15 is 0 Å². The summed E-state index contributed by atoms with van der Waals surface area (Å²) in [5.41, 5.74) is 4.29. The second-order valence-corrected chi connectivity index (χ2v) is 6.56. The van der Waals surface area contributed by atoms with Crippen LogP contribution in [0.15, 0.2) is 59.0 Å². The third-order valence-electron chi connectivity index (χ3n) is 4.18. The van der Waals surface area contributed by atoms with Crippen molar-refractivity contribution in [2.45, 2.75) is 26.7 Å². The lowest BCUT2D eigenvalue weighted by Crippen LogP contribution is -2.11. The molecule has 25 heavy (non-hydrogen) atoms. The molecule has 0 atom stereocenters. The van der Waals surface area contributed by atoms with Gasteiger partial charge in [0.1, 0.15) is 11.5 Å². The third-order valence-corrected chi connectivity index (χ3v) is 4.43. The second kappa shape index (κ2) is 7.58. The fraction of sp³-hybridized carbons (Fsp3) is 0.190. The van der Waals surface area contributed by atoms with Crippen LogP contribution in [0.3, 0.4) is 0 Å². The third kappa shape index (κ3) is 4.52. The van der Waals surface area contributed by atoms with Crippen LogP contribution in [0.4, 0.5) is 5.69 Å². The van der Waals surface area contributed by atoms with Crippen LogP contribution in [0.2, 0.25) is 5.02 Å². The number of amides is 1. The molecule has 3 nitrogen and oxygen atoms in total. The van der Waals surface area contributed by atoms with E-state index in [0.717, 1.165) is 22.8 Å². The van der Waals surface area contributed by atoms with Gasteiger partial charge in [0.15, 0.2) is 0 Å². The highest BCUT2D eigenvalue weighted by Gasteiger charge is 2.09. The van der Waals surface area contributed by atoms with Gasteiger partial charge in [-0.05, 0) is 67.4 Å². The summed E-state index contributed by atoms with van der Waals surface area (Å²) in [5, 5.41) is 3.50. The van der Waals surface area contributed by atoms with E-state index in [9.17, 15) is 4.79 Å². The maximum atomic E-state index is 12.0. The Morgan fingerprint density at radius 1 is 1.00 bits per heavy atom. The predicted molar refractivity (Wildman–Crippen MR) is 102 cm³/mol. The maximum Gasteiger partial charge on any atom is 0.224 e. The summed E-state index contributed by atoms with van der Waals surface area (Å²) in [6.07, 6.45) is 0.923. The average Bonchev–Trinajstić information content (AvgIpc) is 3.07. The number of halogens is 1. The normalized spacial score (nSPS) is 10.7. The van der Waals surface area contributed by atoms with Gasteiger partial charge in [0.25, 0.3) is 0 Å². The number of aryl methyl sites for hydroxylation is 3. The van der Waals surface area contributed by atoms with Crippen molar-refractivity contribution in [3.05, 3.63) is 76.5 Å². The van der Waals surface area contributed by atoms with E-state index in [1.807, 2.05) is 12.1 Å². The molecule has 1 N–H and O–H groups in total. The molecule has 0 spiro atoms. The number of furan rings is 1. The van der Waals surface area contributed by atoms with E-state index in [4.69, 9.17) is 16.0 Å². The molecule has 0 bridgehead atoms. The van der Waals surface area contributed by atoms with Crippen molar-refractivity contribution in [2.24, 2.45) is 0 Å². The second-order valence-electron chi connectivity index (χ2n) is 6.12. The molecule has 0 unspecified atom stereocenters. The van der Waals surface area contributed by atoms with Gasteiger partial charge in [0.05, 0.1) is 0 Å². The molecule has 2 aromatic carbocycles. The van der Waals surface area contributed by atoms with E-state index in [1.54, 1.807) is 24.3 Å². The number of benzene rings is 2. The van der Waals surface area contributed by atoms with Crippen LogP contribution in [-0.4, -0.2) is 5.91 Å². The predicted octanol–water partition coefficient (Wildman–Crippen LogP) is 5.79. The summed E-state index contributed by atoms with van der Waals surface area (Å²) in [4.78, 5) is 12.0. The van der Waals surface area contributed by atoms with E-state index in [1.165, 1.54) is 11.1 Å². The van der Waals surface area contributed by atoms with Gasteiger partial charge in [-0.25, -0.2) is 0 Å². The van der Waals surface area contributed by atoms with Crippen LogP contribution in [0.1, 0.15) is 23.3 Å². The minimum Gasteiger partial charge on any atom is -0.461 e. The summed E-state index contributed by atoms with van der Waals surface area (Å²) >= 11 is 5.84. The highest BCUT2D eigenvalue weighted by molar-refractivity contribution is 6.30. The van der Waals surface area contributed by atoms with Crippen LogP contribution in [0.25, 0.3) is 11.3 Å². The molecular weight excluding hydrogens is 334 g/mol. The highest BCUT2D eigenvalue weighted by Crippen LogP contribution is 2.25. The number of hydrogen-bond donors (Lipinski definition) is 1. The molecule has 0 radical (unpaired) electrons. The van der Waals surface area contributed by atoms with Crippen LogP contribution in [0, 0.1) is 13.8 Å². The van der Waals surface area contributed by atoms with E-state index in [-0.39, 0.29) is 5.91 Å². The van der Waals surface area contributed by atoms with Crippen molar-refractivity contribution >= 4 is 23.2 Å². The smallest absolute Gasteiger partial charge is 0.224 e. The van der Waals surface area contributed by atoms with Crippen molar-refractivity contribution in [3.8, 4) is 11.3 Å². The first-order valence-corrected chi connectivity index (χ1v) is 8.61. The molecule has 4 heteroatoms. The number of rotatable bonds is 5. The Bertz CT molecular complexity index is 881. The molecule has 0 aliphatic carbocycles. The molecule has 0 saturated heterocycles. The zero-order valence-corrected chi connectivity index (χ0v) is 15.1. The molecule has 0 fully saturated rings. The van der Waals surface area contributed by atoms with E-state index < -0.39 is 0 Å². The molecule has 3 rings (SSSR count). The minimum absolute atomic E-state index is 0.0496. The molecule has 0 saturated carbocycles. The van der Waals surface area contributed by atoms with E-state index in [2.05, 4.69) is 37.4 Å². The Kier molecular flexibility index (Phi) is 5.25. The van der Waals surface area contributed by atoms with Gasteiger partial charge >= 0.3 is 0 Å². The molecule has 1 aromatic heterocycles. The van der Waals surface area contributed by atoms with Gasteiger partial charge in [-0.1, -0.05) is 23.7 Å². The van der Waals surface area contributed by atoms with Crippen LogP contribution in [-0.2, 0) is 11.2 Å². The molecule has 1 heterocycles. The lowest BCUT2D eigenvalue weighted by Gasteiger charge is -2.05. The lowest BCUT2D eigenvalue weighted by atomic mass is 10.1. The summed E-state index contributed by atoms with van der Waals surface area (Å²) in [6.45, 7) is 4.18. The Morgan fingerprint density at radius 2 is 1.76 bits per heavy atom. The zero-order valence-electron chi connectivity index (χ0n) is 14.3. The molecule has 0 aliphatic rings. The monoisotopic (exact) mass is 353 g/mol. The van der Waals surface area contributed by atoms with Gasteiger partial charge in [-0.2, -0.15) is 0 Å². The van der Waals surface area contributed by atoms with Gasteiger partial charge in [-0.15, -0.1) is 0 Å². The molecule has 3 aromatic rings.